The van der Waals surface area contributed by atoms with E-state index in [2.05, 4.69) is 0 Å². The smallest absolute Gasteiger partial charge is 0.344 e. The van der Waals surface area contributed by atoms with Crippen LogP contribution in [0.1, 0.15) is 11.1 Å². The number of hydrogen-bond acceptors (Lipinski definition) is 3. The maximum atomic E-state index is 12.5. The van der Waals surface area contributed by atoms with Crippen molar-refractivity contribution in [2.45, 2.75) is 13.5 Å². The molecule has 3 nitrogen and oxygen atoms in total. The second kappa shape index (κ2) is 8.11. The van der Waals surface area contributed by atoms with Crippen molar-refractivity contribution in [2.24, 2.45) is 0 Å². The minimum Gasteiger partial charge on any atom is -0.489 e. The van der Waals surface area contributed by atoms with E-state index in [-0.39, 0.29) is 5.63 Å². The Kier molecular flexibility index (Phi) is 5.55. The largest absolute Gasteiger partial charge is 0.489 e. The average molecular weight is 446 g/mol. The Hall–Kier alpha value is -2.46. The first-order valence-electron chi connectivity index (χ1n) is 8.82. The molecule has 0 saturated carbocycles. The number of benzene rings is 3. The highest BCUT2D eigenvalue weighted by atomic mass is 35.5. The molecule has 0 N–H and O–H groups in total. The summed E-state index contributed by atoms with van der Waals surface area (Å²) in [4.78, 5) is 12.5. The maximum absolute atomic E-state index is 12.5. The van der Waals surface area contributed by atoms with Crippen molar-refractivity contribution in [1.82, 2.24) is 0 Å². The number of halogens is 3. The van der Waals surface area contributed by atoms with Crippen LogP contribution in [0.5, 0.6) is 5.75 Å². The van der Waals surface area contributed by atoms with Gasteiger partial charge in [0.25, 0.3) is 0 Å². The van der Waals surface area contributed by atoms with Gasteiger partial charge in [-0.1, -0.05) is 53.0 Å². The molecule has 0 spiro atoms. The van der Waals surface area contributed by atoms with Crippen molar-refractivity contribution in [1.29, 1.82) is 0 Å². The number of fused-ring (bicyclic) bond motifs is 1. The molecule has 0 radical (unpaired) electrons. The van der Waals surface area contributed by atoms with Crippen LogP contribution in [0.3, 0.4) is 0 Å². The number of ether oxygens (including phenoxy) is 1. The summed E-state index contributed by atoms with van der Waals surface area (Å²) in [5.74, 6) is 0.641. The average Bonchev–Trinajstić information content (AvgIpc) is 2.69. The summed E-state index contributed by atoms with van der Waals surface area (Å²) >= 11 is 18.1. The SMILES string of the molecule is Cc1c(-c2ccc(Cl)cc2)c(=O)oc2ccc(OCc3ccc(Cl)cc3Cl)cc12. The van der Waals surface area contributed by atoms with Crippen LogP contribution in [0, 0.1) is 6.92 Å². The third kappa shape index (κ3) is 4.13. The van der Waals surface area contributed by atoms with Gasteiger partial charge in [-0.05, 0) is 60.5 Å². The highest BCUT2D eigenvalue weighted by molar-refractivity contribution is 6.35. The van der Waals surface area contributed by atoms with Crippen LogP contribution in [0.4, 0.5) is 0 Å². The fourth-order valence-electron chi connectivity index (χ4n) is 3.17. The molecular formula is C23H15Cl3O3. The summed E-state index contributed by atoms with van der Waals surface area (Å²) in [6, 6.07) is 17.7. The summed E-state index contributed by atoms with van der Waals surface area (Å²) in [6.45, 7) is 2.18. The number of rotatable bonds is 4. The van der Waals surface area contributed by atoms with Gasteiger partial charge >= 0.3 is 5.63 Å². The van der Waals surface area contributed by atoms with E-state index in [1.807, 2.05) is 19.1 Å². The summed E-state index contributed by atoms with van der Waals surface area (Å²) in [5, 5.41) is 2.53. The van der Waals surface area contributed by atoms with Gasteiger partial charge in [0.1, 0.15) is 17.9 Å². The van der Waals surface area contributed by atoms with Gasteiger partial charge in [0.15, 0.2) is 0 Å². The molecule has 3 aromatic carbocycles. The Balaban J connectivity index is 1.71. The predicted molar refractivity (Wildman–Crippen MR) is 118 cm³/mol. The van der Waals surface area contributed by atoms with Crippen molar-refractivity contribution in [2.75, 3.05) is 0 Å². The Morgan fingerprint density at radius 1 is 0.897 bits per heavy atom. The van der Waals surface area contributed by atoms with Gasteiger partial charge in [-0.3, -0.25) is 0 Å². The number of hydrogen-bond donors (Lipinski definition) is 0. The van der Waals surface area contributed by atoms with Crippen LogP contribution in [-0.4, -0.2) is 0 Å². The van der Waals surface area contributed by atoms with Gasteiger partial charge in [-0.25, -0.2) is 4.79 Å². The normalized spacial score (nSPS) is 11.0. The molecule has 0 bridgehead atoms. The first-order valence-corrected chi connectivity index (χ1v) is 9.96. The molecule has 146 valence electrons. The standard InChI is InChI=1S/C23H15Cl3O3/c1-13-19-11-18(28-12-15-4-7-17(25)10-20(15)26)8-9-21(19)29-23(27)22(13)14-2-5-16(24)6-3-14/h2-11H,12H2,1H3. The lowest BCUT2D eigenvalue weighted by Crippen LogP contribution is -2.06. The first kappa shape index (κ1) is 19.8. The molecule has 1 aromatic heterocycles. The van der Waals surface area contributed by atoms with Gasteiger partial charge in [0.05, 0.1) is 5.56 Å². The lowest BCUT2D eigenvalue weighted by molar-refractivity contribution is 0.306. The van der Waals surface area contributed by atoms with Crippen LogP contribution in [-0.2, 0) is 6.61 Å². The summed E-state index contributed by atoms with van der Waals surface area (Å²) in [6.07, 6.45) is 0. The molecule has 29 heavy (non-hydrogen) atoms. The first-order chi connectivity index (χ1) is 13.9. The Morgan fingerprint density at radius 3 is 2.34 bits per heavy atom. The molecule has 4 rings (SSSR count). The minimum absolute atomic E-state index is 0.293. The van der Waals surface area contributed by atoms with Crippen LogP contribution < -0.4 is 10.4 Å². The molecule has 0 amide bonds. The summed E-state index contributed by atoms with van der Waals surface area (Å²) in [7, 11) is 0. The van der Waals surface area contributed by atoms with Gasteiger partial charge in [-0.2, -0.15) is 0 Å². The second-order valence-electron chi connectivity index (χ2n) is 6.58. The van der Waals surface area contributed by atoms with Gasteiger partial charge in [0, 0.05) is 26.0 Å². The predicted octanol–water partition coefficient (Wildman–Crippen LogP) is 7.31. The molecule has 0 aliphatic rings. The van der Waals surface area contributed by atoms with E-state index in [1.165, 1.54) is 0 Å². The zero-order chi connectivity index (χ0) is 20.5. The summed E-state index contributed by atoms with van der Waals surface area (Å²) in [5.41, 5.74) is 3.01. The van der Waals surface area contributed by atoms with E-state index in [4.69, 9.17) is 44.0 Å². The van der Waals surface area contributed by atoms with Crippen molar-refractivity contribution < 1.29 is 9.15 Å². The van der Waals surface area contributed by atoms with E-state index in [0.29, 0.717) is 38.6 Å². The van der Waals surface area contributed by atoms with Crippen molar-refractivity contribution in [3.8, 4) is 16.9 Å². The maximum Gasteiger partial charge on any atom is 0.344 e. The molecule has 6 heteroatoms. The van der Waals surface area contributed by atoms with Crippen LogP contribution in [0.2, 0.25) is 15.1 Å². The topological polar surface area (TPSA) is 39.4 Å². The Bertz CT molecular complexity index is 1260. The molecule has 0 aliphatic carbocycles. The second-order valence-corrected chi connectivity index (χ2v) is 7.86. The fraction of sp³-hybridized carbons (Fsp3) is 0.0870. The molecular weight excluding hydrogens is 431 g/mol. The van der Waals surface area contributed by atoms with Crippen LogP contribution in [0.25, 0.3) is 22.1 Å². The van der Waals surface area contributed by atoms with Crippen LogP contribution >= 0.6 is 34.8 Å². The van der Waals surface area contributed by atoms with Crippen LogP contribution in [0.15, 0.2) is 69.9 Å². The molecule has 0 fully saturated rings. The molecule has 1 heterocycles. The lowest BCUT2D eigenvalue weighted by atomic mass is 9.99. The molecule has 0 saturated heterocycles. The quantitative estimate of drug-likeness (QED) is 0.309. The van der Waals surface area contributed by atoms with Crippen molar-refractivity contribution in [3.05, 3.63) is 97.3 Å². The zero-order valence-corrected chi connectivity index (χ0v) is 17.6. The van der Waals surface area contributed by atoms with Gasteiger partial charge < -0.3 is 9.15 Å². The summed E-state index contributed by atoms with van der Waals surface area (Å²) < 4.78 is 11.4. The monoisotopic (exact) mass is 444 g/mol. The lowest BCUT2D eigenvalue weighted by Gasteiger charge is -2.11. The molecule has 0 aliphatic heterocycles. The van der Waals surface area contributed by atoms with E-state index < -0.39 is 0 Å². The highest BCUT2D eigenvalue weighted by Gasteiger charge is 2.14. The van der Waals surface area contributed by atoms with E-state index in [9.17, 15) is 4.79 Å². The third-order valence-electron chi connectivity index (χ3n) is 4.68. The van der Waals surface area contributed by atoms with Gasteiger partial charge in [-0.15, -0.1) is 0 Å². The Labute approximate surface area is 182 Å². The molecule has 0 unspecified atom stereocenters. The van der Waals surface area contributed by atoms with E-state index in [0.717, 1.165) is 22.1 Å². The van der Waals surface area contributed by atoms with Crippen molar-refractivity contribution in [3.63, 3.8) is 0 Å². The fourth-order valence-corrected chi connectivity index (χ4v) is 3.76. The molecule has 4 aromatic rings. The third-order valence-corrected chi connectivity index (χ3v) is 5.52. The van der Waals surface area contributed by atoms with E-state index in [1.54, 1.807) is 48.5 Å². The van der Waals surface area contributed by atoms with Gasteiger partial charge in [0.2, 0.25) is 0 Å². The van der Waals surface area contributed by atoms with Crippen molar-refractivity contribution >= 4 is 45.8 Å². The number of aryl methyl sites for hydroxylation is 1. The Morgan fingerprint density at radius 2 is 1.62 bits per heavy atom. The van der Waals surface area contributed by atoms with E-state index >= 15 is 0 Å². The molecule has 0 atom stereocenters. The zero-order valence-electron chi connectivity index (χ0n) is 15.3. The minimum atomic E-state index is -0.390. The highest BCUT2D eigenvalue weighted by Crippen LogP contribution is 2.30.